The highest BCUT2D eigenvalue weighted by Gasteiger charge is 2.23. The van der Waals surface area contributed by atoms with E-state index in [4.69, 9.17) is 15.6 Å². The highest BCUT2D eigenvalue weighted by atomic mass is 16.5. The molecule has 0 aromatic carbocycles. The summed E-state index contributed by atoms with van der Waals surface area (Å²) in [4.78, 5) is 11.8. The second-order valence-electron chi connectivity index (χ2n) is 5.32. The Morgan fingerprint density at radius 1 is 1.41 bits per heavy atom. The van der Waals surface area contributed by atoms with Crippen molar-refractivity contribution in [3.8, 4) is 0 Å². The minimum absolute atomic E-state index is 0.00337. The van der Waals surface area contributed by atoms with Crippen LogP contribution in [0.3, 0.4) is 0 Å². The highest BCUT2D eigenvalue weighted by molar-refractivity contribution is 5.78. The molecule has 5 heteroatoms. The Morgan fingerprint density at radius 2 is 2.06 bits per heavy atom. The van der Waals surface area contributed by atoms with Gasteiger partial charge < -0.3 is 20.9 Å². The van der Waals surface area contributed by atoms with Crippen LogP contribution in [0, 0.1) is 11.3 Å². The molecule has 0 aliphatic rings. The van der Waals surface area contributed by atoms with Gasteiger partial charge in [-0.3, -0.25) is 4.79 Å². The minimum atomic E-state index is -0.146. The van der Waals surface area contributed by atoms with Gasteiger partial charge in [0.25, 0.3) is 0 Å². The predicted molar refractivity (Wildman–Crippen MR) is 67.5 cm³/mol. The fraction of sp³-hybridized carbons (Fsp3) is 0.917. The van der Waals surface area contributed by atoms with Crippen molar-refractivity contribution in [2.75, 3.05) is 32.9 Å². The Kier molecular flexibility index (Phi) is 8.12. The summed E-state index contributed by atoms with van der Waals surface area (Å²) in [5, 5.41) is 11.3. The molecular weight excluding hydrogens is 220 g/mol. The maximum Gasteiger partial charge on any atom is 0.224 e. The molecule has 1 unspecified atom stereocenters. The maximum absolute atomic E-state index is 11.8. The largest absolute Gasteiger partial charge is 0.394 e. The van der Waals surface area contributed by atoms with Crippen molar-refractivity contribution >= 4 is 5.91 Å². The van der Waals surface area contributed by atoms with Crippen LogP contribution in [-0.2, 0) is 9.53 Å². The molecule has 102 valence electrons. The maximum atomic E-state index is 11.8. The summed E-state index contributed by atoms with van der Waals surface area (Å²) in [6, 6.07) is 0. The van der Waals surface area contributed by atoms with Gasteiger partial charge in [-0.1, -0.05) is 20.8 Å². The number of carbonyl (C=O) groups is 1. The zero-order valence-electron chi connectivity index (χ0n) is 11.2. The van der Waals surface area contributed by atoms with E-state index in [-0.39, 0.29) is 23.8 Å². The Balaban J connectivity index is 3.85. The van der Waals surface area contributed by atoms with Crippen LogP contribution in [0.25, 0.3) is 0 Å². The van der Waals surface area contributed by atoms with Crippen molar-refractivity contribution in [2.24, 2.45) is 17.1 Å². The van der Waals surface area contributed by atoms with Crippen LogP contribution in [0.1, 0.15) is 27.2 Å². The molecule has 0 aromatic rings. The van der Waals surface area contributed by atoms with Gasteiger partial charge in [0.1, 0.15) is 0 Å². The number of hydrogen-bond acceptors (Lipinski definition) is 4. The second kappa shape index (κ2) is 8.44. The SMILES string of the molecule is CC(C)(C)CC(CN)C(=O)NCCOCCO. The van der Waals surface area contributed by atoms with E-state index in [2.05, 4.69) is 26.1 Å². The third-order valence-electron chi connectivity index (χ3n) is 2.30. The molecule has 17 heavy (non-hydrogen) atoms. The van der Waals surface area contributed by atoms with E-state index < -0.39 is 0 Å². The number of aliphatic hydroxyl groups is 1. The summed E-state index contributed by atoms with van der Waals surface area (Å²) in [7, 11) is 0. The first-order valence-electron chi connectivity index (χ1n) is 6.07. The number of ether oxygens (including phenoxy) is 1. The molecule has 0 bridgehead atoms. The average Bonchev–Trinajstić information content (AvgIpc) is 2.24. The smallest absolute Gasteiger partial charge is 0.224 e. The van der Waals surface area contributed by atoms with Gasteiger partial charge in [0, 0.05) is 13.1 Å². The number of carbonyl (C=O) groups excluding carboxylic acids is 1. The summed E-state index contributed by atoms with van der Waals surface area (Å²) >= 11 is 0. The normalized spacial score (nSPS) is 13.5. The molecule has 0 aliphatic heterocycles. The van der Waals surface area contributed by atoms with Crippen molar-refractivity contribution in [1.29, 1.82) is 0 Å². The molecule has 0 heterocycles. The first-order valence-corrected chi connectivity index (χ1v) is 6.07. The fourth-order valence-corrected chi connectivity index (χ4v) is 1.58. The molecule has 0 radical (unpaired) electrons. The molecule has 0 aromatic heterocycles. The number of rotatable bonds is 8. The zero-order chi connectivity index (χ0) is 13.3. The molecule has 0 aliphatic carbocycles. The molecular formula is C12H26N2O3. The number of hydrogen-bond donors (Lipinski definition) is 3. The Labute approximate surface area is 104 Å². The van der Waals surface area contributed by atoms with Crippen LogP contribution in [0.2, 0.25) is 0 Å². The van der Waals surface area contributed by atoms with Crippen LogP contribution in [0.4, 0.5) is 0 Å². The van der Waals surface area contributed by atoms with Crippen LogP contribution >= 0.6 is 0 Å². The van der Waals surface area contributed by atoms with Crippen LogP contribution in [0.5, 0.6) is 0 Å². The van der Waals surface area contributed by atoms with E-state index >= 15 is 0 Å². The number of nitrogens with two attached hydrogens (primary N) is 1. The molecule has 4 N–H and O–H groups in total. The molecule has 0 spiro atoms. The first-order chi connectivity index (χ1) is 7.90. The van der Waals surface area contributed by atoms with Crippen LogP contribution < -0.4 is 11.1 Å². The van der Waals surface area contributed by atoms with E-state index in [9.17, 15) is 4.79 Å². The summed E-state index contributed by atoms with van der Waals surface area (Å²) < 4.78 is 5.05. The lowest BCUT2D eigenvalue weighted by atomic mass is 9.84. The Morgan fingerprint density at radius 3 is 2.53 bits per heavy atom. The van der Waals surface area contributed by atoms with E-state index in [1.165, 1.54) is 0 Å². The van der Waals surface area contributed by atoms with Gasteiger partial charge in [-0.15, -0.1) is 0 Å². The molecule has 0 saturated carbocycles. The topological polar surface area (TPSA) is 84.6 Å². The third kappa shape index (κ3) is 9.09. The van der Waals surface area contributed by atoms with Crippen LogP contribution in [-0.4, -0.2) is 43.9 Å². The van der Waals surface area contributed by atoms with Crippen molar-refractivity contribution in [3.05, 3.63) is 0 Å². The zero-order valence-corrected chi connectivity index (χ0v) is 11.2. The van der Waals surface area contributed by atoms with Gasteiger partial charge in [-0.05, 0) is 11.8 Å². The van der Waals surface area contributed by atoms with E-state index in [1.807, 2.05) is 0 Å². The molecule has 0 fully saturated rings. The first kappa shape index (κ1) is 16.4. The monoisotopic (exact) mass is 246 g/mol. The molecule has 0 saturated heterocycles. The number of amides is 1. The lowest BCUT2D eigenvalue weighted by Gasteiger charge is -2.24. The predicted octanol–water partition coefficient (Wildman–Crippen LogP) is 0.123. The highest BCUT2D eigenvalue weighted by Crippen LogP contribution is 2.23. The Bertz CT molecular complexity index is 214. The van der Waals surface area contributed by atoms with E-state index in [0.29, 0.717) is 26.3 Å². The summed E-state index contributed by atoms with van der Waals surface area (Å²) in [5.41, 5.74) is 5.70. The van der Waals surface area contributed by atoms with E-state index in [0.717, 1.165) is 6.42 Å². The lowest BCUT2D eigenvalue weighted by Crippen LogP contribution is -2.38. The van der Waals surface area contributed by atoms with Gasteiger partial charge in [0.15, 0.2) is 0 Å². The minimum Gasteiger partial charge on any atom is -0.394 e. The standard InChI is InChI=1S/C12H26N2O3/c1-12(2,3)8-10(9-13)11(16)14-4-6-17-7-5-15/h10,15H,4-9,13H2,1-3H3,(H,14,16). The molecule has 5 nitrogen and oxygen atoms in total. The number of aliphatic hydroxyl groups excluding tert-OH is 1. The fourth-order valence-electron chi connectivity index (χ4n) is 1.58. The second-order valence-corrected chi connectivity index (χ2v) is 5.32. The summed E-state index contributed by atoms with van der Waals surface area (Å²) in [5.74, 6) is -0.164. The molecule has 1 amide bonds. The van der Waals surface area contributed by atoms with Crippen molar-refractivity contribution in [2.45, 2.75) is 27.2 Å². The van der Waals surface area contributed by atoms with Gasteiger partial charge in [-0.25, -0.2) is 0 Å². The quantitative estimate of drug-likeness (QED) is 0.531. The summed E-state index contributed by atoms with van der Waals surface area (Å²) in [6.07, 6.45) is 0.771. The third-order valence-corrected chi connectivity index (χ3v) is 2.30. The van der Waals surface area contributed by atoms with Crippen molar-refractivity contribution in [1.82, 2.24) is 5.32 Å². The molecule has 1 atom stereocenters. The van der Waals surface area contributed by atoms with Gasteiger partial charge >= 0.3 is 0 Å². The van der Waals surface area contributed by atoms with Crippen molar-refractivity contribution in [3.63, 3.8) is 0 Å². The average molecular weight is 246 g/mol. The molecule has 0 rings (SSSR count). The van der Waals surface area contributed by atoms with Gasteiger partial charge in [-0.2, -0.15) is 0 Å². The summed E-state index contributed by atoms with van der Waals surface area (Å²) in [6.45, 7) is 7.81. The van der Waals surface area contributed by atoms with Gasteiger partial charge in [0.2, 0.25) is 5.91 Å². The van der Waals surface area contributed by atoms with Crippen LogP contribution in [0.15, 0.2) is 0 Å². The van der Waals surface area contributed by atoms with E-state index in [1.54, 1.807) is 0 Å². The Hall–Kier alpha value is -0.650. The lowest BCUT2D eigenvalue weighted by molar-refractivity contribution is -0.125. The van der Waals surface area contributed by atoms with Gasteiger partial charge in [0.05, 0.1) is 25.7 Å². The van der Waals surface area contributed by atoms with Crippen molar-refractivity contribution < 1.29 is 14.6 Å². The number of nitrogens with one attached hydrogen (secondary N) is 1.